The Kier molecular flexibility index (Phi) is 2.50. The molecule has 1 aliphatic rings. The van der Waals surface area contributed by atoms with Gasteiger partial charge in [-0.15, -0.1) is 5.10 Å². The molecule has 1 aromatic heterocycles. The molecule has 3 rings (SSSR count). The third-order valence-corrected chi connectivity index (χ3v) is 3.10. The van der Waals surface area contributed by atoms with Crippen molar-refractivity contribution < 1.29 is 8.78 Å². The smallest absolute Gasteiger partial charge is 0.169 e. The summed E-state index contributed by atoms with van der Waals surface area (Å²) in [5.74, 6) is -0.383. The lowest BCUT2D eigenvalue weighted by atomic mass is 10.2. The van der Waals surface area contributed by atoms with Gasteiger partial charge in [-0.3, -0.25) is 0 Å². The fourth-order valence-electron chi connectivity index (χ4n) is 2.04. The average Bonchev–Trinajstić information content (AvgIpc) is 3.08. The van der Waals surface area contributed by atoms with Crippen molar-refractivity contribution in [3.8, 4) is 0 Å². The van der Waals surface area contributed by atoms with Crippen molar-refractivity contribution in [3.63, 3.8) is 0 Å². The molecule has 2 aromatic rings. The molecule has 0 spiro atoms. The number of halogens is 2. The molecule has 0 aliphatic heterocycles. The van der Waals surface area contributed by atoms with Gasteiger partial charge in [0.05, 0.1) is 12.2 Å². The minimum absolute atomic E-state index is 0.224. The van der Waals surface area contributed by atoms with E-state index < -0.39 is 11.6 Å². The number of hydrogen-bond acceptors (Lipinski definition) is 3. The normalized spacial score (nSPS) is 15.0. The number of anilines is 1. The molecule has 94 valence electrons. The Morgan fingerprint density at radius 3 is 2.78 bits per heavy atom. The lowest BCUT2D eigenvalue weighted by Crippen LogP contribution is -2.08. The van der Waals surface area contributed by atoms with Gasteiger partial charge in [-0.1, -0.05) is 11.3 Å². The fourth-order valence-corrected chi connectivity index (χ4v) is 2.04. The standard InChI is InChI=1S/C12H12F2N4/c13-9-4-3-8(10(14)5-9)6-18-11(7-1-2-7)12(15)16-17-18/h3-5,7H,1-2,6,15H2. The second-order valence-corrected chi connectivity index (χ2v) is 4.53. The van der Waals surface area contributed by atoms with E-state index in [1.54, 1.807) is 4.68 Å². The van der Waals surface area contributed by atoms with Crippen LogP contribution in [0.3, 0.4) is 0 Å². The van der Waals surface area contributed by atoms with Crippen LogP contribution in [-0.2, 0) is 6.54 Å². The molecule has 0 atom stereocenters. The minimum Gasteiger partial charge on any atom is -0.381 e. The van der Waals surface area contributed by atoms with Crippen LogP contribution in [0.1, 0.15) is 30.0 Å². The molecule has 0 saturated heterocycles. The maximum Gasteiger partial charge on any atom is 0.169 e. The summed E-state index contributed by atoms with van der Waals surface area (Å²) in [6.07, 6.45) is 2.12. The predicted octanol–water partition coefficient (Wildman–Crippen LogP) is 2.06. The molecule has 1 saturated carbocycles. The molecule has 4 nitrogen and oxygen atoms in total. The molecule has 1 heterocycles. The first kappa shape index (κ1) is 11.1. The van der Waals surface area contributed by atoms with Crippen LogP contribution in [-0.4, -0.2) is 15.0 Å². The fraction of sp³-hybridized carbons (Fsp3) is 0.333. The first-order valence-electron chi connectivity index (χ1n) is 5.78. The van der Waals surface area contributed by atoms with Crippen molar-refractivity contribution in [2.24, 2.45) is 0 Å². The third kappa shape index (κ3) is 1.94. The van der Waals surface area contributed by atoms with E-state index >= 15 is 0 Å². The van der Waals surface area contributed by atoms with E-state index in [1.807, 2.05) is 0 Å². The van der Waals surface area contributed by atoms with E-state index in [2.05, 4.69) is 10.3 Å². The van der Waals surface area contributed by atoms with Crippen molar-refractivity contribution in [2.45, 2.75) is 25.3 Å². The summed E-state index contributed by atoms with van der Waals surface area (Å²) >= 11 is 0. The molecular weight excluding hydrogens is 238 g/mol. The van der Waals surface area contributed by atoms with Crippen LogP contribution in [0.25, 0.3) is 0 Å². The number of rotatable bonds is 3. The van der Waals surface area contributed by atoms with Crippen molar-refractivity contribution in [3.05, 3.63) is 41.1 Å². The van der Waals surface area contributed by atoms with E-state index in [9.17, 15) is 8.78 Å². The highest BCUT2D eigenvalue weighted by atomic mass is 19.1. The zero-order valence-electron chi connectivity index (χ0n) is 9.61. The summed E-state index contributed by atoms with van der Waals surface area (Å²) in [4.78, 5) is 0. The molecular formula is C12H12F2N4. The van der Waals surface area contributed by atoms with Gasteiger partial charge in [0, 0.05) is 17.5 Å². The zero-order chi connectivity index (χ0) is 12.7. The Hall–Kier alpha value is -1.98. The molecule has 1 fully saturated rings. The summed E-state index contributed by atoms with van der Waals surface area (Å²) in [5.41, 5.74) is 6.99. The Balaban J connectivity index is 1.92. The van der Waals surface area contributed by atoms with Crippen molar-refractivity contribution in [1.82, 2.24) is 15.0 Å². The quantitative estimate of drug-likeness (QED) is 0.907. The Bertz CT molecular complexity index is 590. The molecule has 1 aromatic carbocycles. The van der Waals surface area contributed by atoms with Crippen LogP contribution in [0.2, 0.25) is 0 Å². The monoisotopic (exact) mass is 250 g/mol. The summed E-state index contributed by atoms with van der Waals surface area (Å²) in [6, 6.07) is 3.52. The maximum atomic E-state index is 13.6. The van der Waals surface area contributed by atoms with E-state index in [0.29, 0.717) is 17.3 Å². The number of benzene rings is 1. The van der Waals surface area contributed by atoms with Gasteiger partial charge in [0.2, 0.25) is 0 Å². The Labute approximate surface area is 102 Å². The topological polar surface area (TPSA) is 56.7 Å². The molecule has 0 radical (unpaired) electrons. The van der Waals surface area contributed by atoms with Gasteiger partial charge in [0.15, 0.2) is 5.82 Å². The zero-order valence-corrected chi connectivity index (χ0v) is 9.61. The van der Waals surface area contributed by atoms with Gasteiger partial charge < -0.3 is 5.73 Å². The molecule has 1 aliphatic carbocycles. The van der Waals surface area contributed by atoms with Gasteiger partial charge >= 0.3 is 0 Å². The van der Waals surface area contributed by atoms with Gasteiger partial charge in [-0.25, -0.2) is 13.5 Å². The van der Waals surface area contributed by atoms with Crippen LogP contribution in [0.5, 0.6) is 0 Å². The number of nitrogen functional groups attached to an aromatic ring is 1. The number of hydrogen-bond donors (Lipinski definition) is 1. The van der Waals surface area contributed by atoms with E-state index in [1.165, 1.54) is 12.1 Å². The van der Waals surface area contributed by atoms with Crippen LogP contribution < -0.4 is 5.73 Å². The minimum atomic E-state index is -0.586. The molecule has 0 unspecified atom stereocenters. The predicted molar refractivity (Wildman–Crippen MR) is 61.9 cm³/mol. The maximum absolute atomic E-state index is 13.6. The number of aromatic nitrogens is 3. The highest BCUT2D eigenvalue weighted by Crippen LogP contribution is 2.42. The van der Waals surface area contributed by atoms with Crippen LogP contribution in [0.15, 0.2) is 18.2 Å². The molecule has 2 N–H and O–H groups in total. The lowest BCUT2D eigenvalue weighted by Gasteiger charge is -2.07. The summed E-state index contributed by atoms with van der Waals surface area (Å²) in [7, 11) is 0. The Morgan fingerprint density at radius 1 is 1.33 bits per heavy atom. The number of nitrogens with zero attached hydrogens (tertiary/aromatic N) is 3. The van der Waals surface area contributed by atoms with Gasteiger partial charge in [0.1, 0.15) is 11.6 Å². The Morgan fingerprint density at radius 2 is 2.11 bits per heavy atom. The largest absolute Gasteiger partial charge is 0.381 e. The SMILES string of the molecule is Nc1nnn(Cc2ccc(F)cc2F)c1C1CC1. The second kappa shape index (κ2) is 4.04. The average molecular weight is 250 g/mol. The van der Waals surface area contributed by atoms with Crippen molar-refractivity contribution in [1.29, 1.82) is 0 Å². The van der Waals surface area contributed by atoms with Crippen LogP contribution in [0, 0.1) is 11.6 Å². The summed E-state index contributed by atoms with van der Waals surface area (Å²) in [6.45, 7) is 0.224. The van der Waals surface area contributed by atoms with Gasteiger partial charge in [0.25, 0.3) is 0 Å². The molecule has 6 heteroatoms. The number of nitrogens with two attached hydrogens (primary N) is 1. The first-order chi connectivity index (χ1) is 8.65. The molecule has 18 heavy (non-hydrogen) atoms. The van der Waals surface area contributed by atoms with E-state index in [-0.39, 0.29) is 6.54 Å². The lowest BCUT2D eigenvalue weighted by molar-refractivity contribution is 0.548. The van der Waals surface area contributed by atoms with Crippen LogP contribution in [0.4, 0.5) is 14.6 Å². The molecule has 0 amide bonds. The van der Waals surface area contributed by atoms with Gasteiger partial charge in [-0.05, 0) is 18.9 Å². The van der Waals surface area contributed by atoms with E-state index in [4.69, 9.17) is 5.73 Å². The second-order valence-electron chi connectivity index (χ2n) is 4.53. The van der Waals surface area contributed by atoms with Crippen LogP contribution >= 0.6 is 0 Å². The van der Waals surface area contributed by atoms with Crippen molar-refractivity contribution in [2.75, 3.05) is 5.73 Å². The van der Waals surface area contributed by atoms with E-state index in [0.717, 1.165) is 24.6 Å². The highest BCUT2D eigenvalue weighted by Gasteiger charge is 2.30. The third-order valence-electron chi connectivity index (χ3n) is 3.10. The van der Waals surface area contributed by atoms with Crippen molar-refractivity contribution >= 4 is 5.82 Å². The summed E-state index contributed by atoms with van der Waals surface area (Å²) in [5, 5.41) is 7.73. The highest BCUT2D eigenvalue weighted by molar-refractivity contribution is 5.38. The first-order valence-corrected chi connectivity index (χ1v) is 5.78. The summed E-state index contributed by atoms with van der Waals surface area (Å²) < 4.78 is 28.0. The van der Waals surface area contributed by atoms with Gasteiger partial charge in [-0.2, -0.15) is 0 Å². The molecule has 0 bridgehead atoms.